The number of ether oxygens (including phenoxy) is 1. The van der Waals surface area contributed by atoms with Gasteiger partial charge in [-0.05, 0) is 31.5 Å². The van der Waals surface area contributed by atoms with Crippen LogP contribution in [0.5, 0.6) is 5.88 Å². The Bertz CT molecular complexity index is 1510. The first-order valence-electron chi connectivity index (χ1n) is 12.3. The van der Waals surface area contributed by atoms with E-state index < -0.39 is 5.91 Å². The number of nitrogens with zero attached hydrogens (tertiary/aromatic N) is 8. The van der Waals surface area contributed by atoms with E-state index in [1.807, 2.05) is 31.2 Å². The number of carbonyl (C=O) groups is 1. The molecule has 3 N–H and O–H groups in total. The van der Waals surface area contributed by atoms with Gasteiger partial charge in [-0.2, -0.15) is 14.9 Å². The second-order valence-corrected chi connectivity index (χ2v) is 9.79. The molecule has 194 valence electrons. The van der Waals surface area contributed by atoms with Crippen LogP contribution in [-0.4, -0.2) is 61.4 Å². The van der Waals surface area contributed by atoms with Crippen LogP contribution in [0, 0.1) is 16.7 Å². The molecule has 1 amide bonds. The molecule has 4 aromatic rings. The van der Waals surface area contributed by atoms with Crippen LogP contribution in [0.3, 0.4) is 0 Å². The number of carbonyl (C=O) groups excluding carboxylic acids is 1. The Kier molecular flexibility index (Phi) is 6.50. The average Bonchev–Trinajstić information content (AvgIpc) is 3.35. The SMILES string of the molecule is CCOc1ccc(-c2cc3ncc(C(N)=O)c(N[C@@H]4CCN(c5ccc(C#N)nn5)CC4(C)C)n3n2)cn1. The Morgan fingerprint density at radius 3 is 2.71 bits per heavy atom. The van der Waals surface area contributed by atoms with Crippen LogP contribution in [0.2, 0.25) is 0 Å². The predicted octanol–water partition coefficient (Wildman–Crippen LogP) is 2.67. The van der Waals surface area contributed by atoms with E-state index >= 15 is 0 Å². The lowest BCUT2D eigenvalue weighted by Crippen LogP contribution is -2.52. The summed E-state index contributed by atoms with van der Waals surface area (Å²) in [4.78, 5) is 23.3. The third-order valence-electron chi connectivity index (χ3n) is 6.70. The Morgan fingerprint density at radius 2 is 2.08 bits per heavy atom. The summed E-state index contributed by atoms with van der Waals surface area (Å²) in [5.41, 5.74) is 8.07. The van der Waals surface area contributed by atoms with Gasteiger partial charge in [-0.25, -0.2) is 9.97 Å². The standard InChI is InChI=1S/C26H28N10O2/c1-4-38-23-8-5-16(13-30-23)19-11-22-29-14-18(24(28)37)25(36(22)34-19)31-20-9-10-35(15-26(20,2)3)21-7-6-17(12-27)32-33-21/h5-8,11,13-14,20,31H,4,9-10,15H2,1-3H3,(H2,28,37)/t20-/m1/s1. The fraction of sp³-hybridized carbons (Fsp3) is 0.346. The molecule has 1 fully saturated rings. The Hall–Kier alpha value is -4.79. The molecule has 1 aliphatic rings. The molecule has 0 saturated carbocycles. The van der Waals surface area contributed by atoms with Crippen molar-refractivity contribution in [2.24, 2.45) is 11.1 Å². The molecule has 5 rings (SSSR count). The van der Waals surface area contributed by atoms with Crippen molar-refractivity contribution < 1.29 is 9.53 Å². The molecule has 4 aromatic heterocycles. The lowest BCUT2D eigenvalue weighted by molar-refractivity contribution is 0.1000. The van der Waals surface area contributed by atoms with Gasteiger partial charge in [0.15, 0.2) is 17.2 Å². The number of nitrogens with two attached hydrogens (primary N) is 1. The first-order valence-corrected chi connectivity index (χ1v) is 12.3. The Morgan fingerprint density at radius 1 is 1.24 bits per heavy atom. The number of piperidine rings is 1. The summed E-state index contributed by atoms with van der Waals surface area (Å²) in [6.07, 6.45) is 3.93. The molecule has 0 aromatic carbocycles. The minimum Gasteiger partial charge on any atom is -0.478 e. The zero-order valence-electron chi connectivity index (χ0n) is 21.4. The van der Waals surface area contributed by atoms with Crippen molar-refractivity contribution >= 4 is 23.2 Å². The van der Waals surface area contributed by atoms with Crippen molar-refractivity contribution in [3.63, 3.8) is 0 Å². The van der Waals surface area contributed by atoms with Crippen molar-refractivity contribution in [1.29, 1.82) is 5.26 Å². The molecule has 12 nitrogen and oxygen atoms in total. The van der Waals surface area contributed by atoms with Crippen LogP contribution in [0.4, 0.5) is 11.6 Å². The summed E-state index contributed by atoms with van der Waals surface area (Å²) in [7, 11) is 0. The fourth-order valence-electron chi connectivity index (χ4n) is 4.70. The van der Waals surface area contributed by atoms with Crippen molar-refractivity contribution in [2.45, 2.75) is 33.2 Å². The van der Waals surface area contributed by atoms with Crippen molar-refractivity contribution in [3.8, 4) is 23.2 Å². The van der Waals surface area contributed by atoms with Gasteiger partial charge in [-0.15, -0.1) is 10.2 Å². The first kappa shape index (κ1) is 24.9. The van der Waals surface area contributed by atoms with Gasteiger partial charge in [0, 0.05) is 54.6 Å². The zero-order valence-corrected chi connectivity index (χ0v) is 21.4. The quantitative estimate of drug-likeness (QED) is 0.377. The van der Waals surface area contributed by atoms with Gasteiger partial charge in [0.25, 0.3) is 5.91 Å². The van der Waals surface area contributed by atoms with E-state index in [0.29, 0.717) is 42.7 Å². The molecule has 0 spiro atoms. The largest absolute Gasteiger partial charge is 0.478 e. The molecule has 12 heteroatoms. The molecule has 0 radical (unpaired) electrons. The molecular formula is C26H28N10O2. The molecule has 1 atom stereocenters. The Balaban J connectivity index is 1.44. The molecule has 0 bridgehead atoms. The predicted molar refractivity (Wildman–Crippen MR) is 141 cm³/mol. The lowest BCUT2D eigenvalue weighted by Gasteiger charge is -2.45. The second-order valence-electron chi connectivity index (χ2n) is 9.79. The van der Waals surface area contributed by atoms with Crippen molar-refractivity contribution in [2.75, 3.05) is 29.9 Å². The number of rotatable bonds is 7. The minimum atomic E-state index is -0.593. The van der Waals surface area contributed by atoms with Gasteiger partial charge in [-0.1, -0.05) is 13.8 Å². The van der Waals surface area contributed by atoms with Gasteiger partial charge in [0.2, 0.25) is 5.88 Å². The van der Waals surface area contributed by atoms with Gasteiger partial charge < -0.3 is 20.7 Å². The lowest BCUT2D eigenvalue weighted by atomic mass is 9.79. The number of amides is 1. The van der Waals surface area contributed by atoms with Crippen LogP contribution in [0.25, 0.3) is 16.9 Å². The normalized spacial score (nSPS) is 16.7. The Labute approximate surface area is 219 Å². The van der Waals surface area contributed by atoms with Crippen molar-refractivity contribution in [1.82, 2.24) is 29.8 Å². The van der Waals surface area contributed by atoms with Crippen molar-refractivity contribution in [3.05, 3.63) is 54.0 Å². The topological polar surface area (TPSA) is 160 Å². The van der Waals surface area contributed by atoms with Gasteiger partial charge in [0.05, 0.1) is 17.9 Å². The molecule has 1 aliphatic heterocycles. The van der Waals surface area contributed by atoms with Crippen LogP contribution in [-0.2, 0) is 0 Å². The molecule has 0 aliphatic carbocycles. The van der Waals surface area contributed by atoms with E-state index in [-0.39, 0.29) is 22.7 Å². The minimum absolute atomic E-state index is 0.00594. The molecule has 1 saturated heterocycles. The van der Waals surface area contributed by atoms with Gasteiger partial charge in [0.1, 0.15) is 11.9 Å². The van der Waals surface area contributed by atoms with E-state index in [4.69, 9.17) is 20.8 Å². The molecule has 5 heterocycles. The highest BCUT2D eigenvalue weighted by Crippen LogP contribution is 2.34. The maximum atomic E-state index is 12.4. The van der Waals surface area contributed by atoms with E-state index in [0.717, 1.165) is 17.8 Å². The fourth-order valence-corrected chi connectivity index (χ4v) is 4.70. The van der Waals surface area contributed by atoms with Gasteiger partial charge >= 0.3 is 0 Å². The van der Waals surface area contributed by atoms with Crippen LogP contribution >= 0.6 is 0 Å². The van der Waals surface area contributed by atoms with Crippen LogP contribution in [0.1, 0.15) is 43.2 Å². The van der Waals surface area contributed by atoms with Gasteiger partial charge in [-0.3, -0.25) is 4.79 Å². The number of aromatic nitrogens is 6. The second kappa shape index (κ2) is 9.93. The summed E-state index contributed by atoms with van der Waals surface area (Å²) >= 11 is 0. The number of nitriles is 1. The maximum absolute atomic E-state index is 12.4. The third kappa shape index (κ3) is 4.78. The number of pyridine rings is 1. The summed E-state index contributed by atoms with van der Waals surface area (Å²) in [6.45, 7) is 8.14. The number of nitrogens with one attached hydrogen (secondary N) is 1. The number of hydrogen-bond acceptors (Lipinski definition) is 10. The summed E-state index contributed by atoms with van der Waals surface area (Å²) in [5, 5.41) is 25.5. The first-order chi connectivity index (χ1) is 18.3. The number of hydrogen-bond donors (Lipinski definition) is 2. The van der Waals surface area contributed by atoms with E-state index in [1.54, 1.807) is 22.8 Å². The highest BCUT2D eigenvalue weighted by molar-refractivity contribution is 5.97. The van der Waals surface area contributed by atoms with E-state index in [9.17, 15) is 4.79 Å². The summed E-state index contributed by atoms with van der Waals surface area (Å²) in [6, 6.07) is 11.0. The molecular weight excluding hydrogens is 484 g/mol. The highest BCUT2D eigenvalue weighted by atomic mass is 16.5. The monoisotopic (exact) mass is 512 g/mol. The number of anilines is 2. The third-order valence-corrected chi connectivity index (χ3v) is 6.70. The summed E-state index contributed by atoms with van der Waals surface area (Å²) < 4.78 is 7.06. The summed E-state index contributed by atoms with van der Waals surface area (Å²) in [5.74, 6) is 1.17. The number of primary amides is 1. The molecule has 0 unspecified atom stereocenters. The van der Waals surface area contributed by atoms with E-state index in [2.05, 4.69) is 44.2 Å². The average molecular weight is 513 g/mol. The maximum Gasteiger partial charge on any atom is 0.254 e. The van der Waals surface area contributed by atoms with Crippen LogP contribution in [0.15, 0.2) is 42.7 Å². The smallest absolute Gasteiger partial charge is 0.254 e. The zero-order chi connectivity index (χ0) is 26.9. The molecule has 38 heavy (non-hydrogen) atoms. The van der Waals surface area contributed by atoms with E-state index in [1.165, 1.54) is 6.20 Å². The highest BCUT2D eigenvalue weighted by Gasteiger charge is 2.37. The number of fused-ring (bicyclic) bond motifs is 1. The van der Waals surface area contributed by atoms with Crippen LogP contribution < -0.4 is 20.7 Å².